The third-order valence-corrected chi connectivity index (χ3v) is 9.06. The number of rotatable bonds is 10. The van der Waals surface area contributed by atoms with Crippen LogP contribution in [0.3, 0.4) is 0 Å². The molecule has 0 aliphatic carbocycles. The number of anilines is 1. The maximum absolute atomic E-state index is 12.4. The highest BCUT2D eigenvalue weighted by molar-refractivity contribution is 7.45. The first-order chi connectivity index (χ1) is 20.8. The number of nitrogens with one attached hydrogen (secondary N) is 1. The van der Waals surface area contributed by atoms with E-state index in [2.05, 4.69) is 69.5 Å². The second kappa shape index (κ2) is 11.0. The lowest BCUT2D eigenvalue weighted by Gasteiger charge is -2.25. The first kappa shape index (κ1) is 27.9. The predicted molar refractivity (Wildman–Crippen MR) is 160 cm³/mol. The Morgan fingerprint density at radius 2 is 1.81 bits per heavy atom. The van der Waals surface area contributed by atoms with Gasteiger partial charge in [-0.3, -0.25) is 14.1 Å². The number of unbranched alkanes of at least 4 members (excludes halogenated alkanes) is 1. The maximum atomic E-state index is 12.4. The number of aromatic amines is 1. The minimum Gasteiger partial charge on any atom is -0.756 e. The van der Waals surface area contributed by atoms with Crippen LogP contribution in [-0.4, -0.2) is 50.0 Å². The van der Waals surface area contributed by atoms with Gasteiger partial charge in [0.15, 0.2) is 5.65 Å². The minimum absolute atomic E-state index is 0.0218. The summed E-state index contributed by atoms with van der Waals surface area (Å²) in [6.45, 7) is -0.448. The number of hydrogen-bond donors (Lipinski definition) is 3. The number of hydrogen-bond acceptors (Lipinski definition) is 10. The van der Waals surface area contributed by atoms with E-state index >= 15 is 0 Å². The van der Waals surface area contributed by atoms with Gasteiger partial charge in [0.05, 0.1) is 25.6 Å². The minimum atomic E-state index is -4.63. The van der Waals surface area contributed by atoms with Crippen molar-refractivity contribution in [2.75, 3.05) is 18.9 Å². The first-order valence-electron chi connectivity index (χ1n) is 14.1. The van der Waals surface area contributed by atoms with Crippen LogP contribution in [0.4, 0.5) is 5.82 Å². The number of H-pyrrole nitrogens is 1. The Labute approximate surface area is 245 Å². The smallest absolute Gasteiger partial charge is 0.348 e. The van der Waals surface area contributed by atoms with Crippen molar-refractivity contribution >= 4 is 57.1 Å². The summed E-state index contributed by atoms with van der Waals surface area (Å²) >= 11 is 0. The summed E-state index contributed by atoms with van der Waals surface area (Å²) in [6.07, 6.45) is 0.831. The summed E-state index contributed by atoms with van der Waals surface area (Å²) in [6, 6.07) is 19.2. The number of fused-ring (bicyclic) bond motifs is 1. The normalized spacial score (nSPS) is 20.6. The fourth-order valence-corrected chi connectivity index (χ4v) is 6.77. The van der Waals surface area contributed by atoms with E-state index in [-0.39, 0.29) is 30.0 Å². The van der Waals surface area contributed by atoms with E-state index in [1.165, 1.54) is 48.8 Å². The fraction of sp³-hybridized carbons (Fsp3) is 0.300. The van der Waals surface area contributed by atoms with Gasteiger partial charge in [-0.15, -0.1) is 0 Å². The summed E-state index contributed by atoms with van der Waals surface area (Å²) in [7, 11) is -4.63. The van der Waals surface area contributed by atoms with Crippen molar-refractivity contribution in [3.63, 3.8) is 0 Å². The molecule has 1 fully saturated rings. The number of aliphatic hydroxyl groups excluding tert-OH is 1. The molecule has 4 aromatic carbocycles. The van der Waals surface area contributed by atoms with Crippen molar-refractivity contribution in [1.82, 2.24) is 19.5 Å². The van der Waals surface area contributed by atoms with Crippen molar-refractivity contribution in [2.45, 2.75) is 44.1 Å². The molecule has 4 atom stereocenters. The summed E-state index contributed by atoms with van der Waals surface area (Å²) in [4.78, 5) is 34.6. The molecule has 1 saturated heterocycles. The molecule has 12 nitrogen and oxygen atoms in total. The SMILES string of the molecule is Nc1[nH]c(=O)nc2c1ncn2[C@H]1CC(O)[C@@H](COP(=O)([O-])OCCCCc2ccc3ccc4cccc5ccc2c3c45)O1. The lowest BCUT2D eigenvalue weighted by Crippen LogP contribution is -2.27. The highest BCUT2D eigenvalue weighted by Gasteiger charge is 2.37. The average Bonchev–Trinajstić information content (AvgIpc) is 3.58. The molecule has 1 aliphatic heterocycles. The first-order valence-corrected chi connectivity index (χ1v) is 15.5. The van der Waals surface area contributed by atoms with Gasteiger partial charge in [0.25, 0.3) is 7.82 Å². The second-order valence-corrected chi connectivity index (χ2v) is 12.2. The Morgan fingerprint density at radius 1 is 1.07 bits per heavy atom. The van der Waals surface area contributed by atoms with Crippen molar-refractivity contribution in [3.05, 3.63) is 77.0 Å². The zero-order chi connectivity index (χ0) is 29.7. The lowest BCUT2D eigenvalue weighted by molar-refractivity contribution is -0.228. The van der Waals surface area contributed by atoms with Gasteiger partial charge in [-0.25, -0.2) is 9.78 Å². The van der Waals surface area contributed by atoms with E-state index in [0.29, 0.717) is 6.42 Å². The molecule has 3 heterocycles. The van der Waals surface area contributed by atoms with Gasteiger partial charge in [-0.1, -0.05) is 54.6 Å². The van der Waals surface area contributed by atoms with Crippen LogP contribution in [0.25, 0.3) is 43.5 Å². The van der Waals surface area contributed by atoms with Crippen LogP contribution >= 0.6 is 7.82 Å². The third-order valence-electron chi connectivity index (χ3n) is 8.09. The van der Waals surface area contributed by atoms with Crippen LogP contribution in [0.2, 0.25) is 0 Å². The van der Waals surface area contributed by atoms with Crippen LogP contribution in [0, 0.1) is 0 Å². The summed E-state index contributed by atoms with van der Waals surface area (Å²) in [5.41, 5.74) is 6.84. The molecule has 6 aromatic rings. The molecule has 1 aliphatic rings. The molecule has 0 amide bonds. The molecule has 43 heavy (non-hydrogen) atoms. The highest BCUT2D eigenvalue weighted by Crippen LogP contribution is 2.41. The largest absolute Gasteiger partial charge is 0.756 e. The number of ether oxygens (including phenoxy) is 1. The molecule has 0 radical (unpaired) electrons. The third kappa shape index (κ3) is 5.27. The molecule has 13 heteroatoms. The Kier molecular flexibility index (Phi) is 7.13. The van der Waals surface area contributed by atoms with Crippen molar-refractivity contribution in [3.8, 4) is 0 Å². The number of benzene rings is 4. The van der Waals surface area contributed by atoms with E-state index < -0.39 is 38.6 Å². The molecular formula is C30H29N5O7P-. The Balaban J connectivity index is 0.924. The van der Waals surface area contributed by atoms with Crippen LogP contribution in [0.1, 0.15) is 31.1 Å². The van der Waals surface area contributed by atoms with Gasteiger partial charge in [0, 0.05) is 6.42 Å². The predicted octanol–water partition coefficient (Wildman–Crippen LogP) is 3.77. The maximum Gasteiger partial charge on any atom is 0.348 e. The van der Waals surface area contributed by atoms with E-state index in [9.17, 15) is 19.4 Å². The molecule has 0 spiro atoms. The number of phosphoric acid groups is 1. The standard InChI is InChI=1S/C30H30N5O7P/c31-28-27-29(34-30(37)33-28)35(16-32-27)24-14-22(36)23(42-24)15-41-43(38,39)40-13-2-1-4-17-7-8-20-10-9-18-5-3-6-19-11-12-21(17)26(20)25(18)19/h3,5-12,16,22-24,36H,1-2,4,13-15H2,(H,38,39)(H3,31,33,34,37)/p-1/t22?,23-,24-/m1/s1. The number of phosphoric ester groups is 1. The molecule has 2 unspecified atom stereocenters. The van der Waals surface area contributed by atoms with Crippen molar-refractivity contribution in [2.24, 2.45) is 0 Å². The fourth-order valence-electron chi connectivity index (χ4n) is 6.01. The Morgan fingerprint density at radius 3 is 2.63 bits per heavy atom. The number of nitrogens with zero attached hydrogens (tertiary/aromatic N) is 3. The van der Waals surface area contributed by atoms with Crippen LogP contribution in [0.15, 0.2) is 65.7 Å². The van der Waals surface area contributed by atoms with Crippen LogP contribution in [-0.2, 0) is 24.8 Å². The highest BCUT2D eigenvalue weighted by atomic mass is 31.2. The number of aliphatic hydroxyl groups is 1. The van der Waals surface area contributed by atoms with Gasteiger partial charge in [0.2, 0.25) is 0 Å². The molecule has 222 valence electrons. The van der Waals surface area contributed by atoms with Crippen molar-refractivity contribution in [1.29, 1.82) is 0 Å². The molecule has 0 bridgehead atoms. The van der Waals surface area contributed by atoms with Gasteiger partial charge < -0.3 is 29.5 Å². The average molecular weight is 603 g/mol. The summed E-state index contributed by atoms with van der Waals surface area (Å²) < 4.78 is 29.8. The van der Waals surface area contributed by atoms with Gasteiger partial charge >= 0.3 is 5.69 Å². The Hall–Kier alpha value is -3.90. The topological polar surface area (TPSA) is 178 Å². The number of nitrogen functional groups attached to an aromatic ring is 1. The van der Waals surface area contributed by atoms with Crippen LogP contribution in [0.5, 0.6) is 0 Å². The monoisotopic (exact) mass is 602 g/mol. The molecular weight excluding hydrogens is 573 g/mol. The number of imidazole rings is 1. The van der Waals surface area contributed by atoms with E-state index in [4.69, 9.17) is 19.5 Å². The lowest BCUT2D eigenvalue weighted by atomic mass is 9.91. The van der Waals surface area contributed by atoms with Gasteiger partial charge in [0.1, 0.15) is 23.7 Å². The van der Waals surface area contributed by atoms with E-state index in [1.807, 2.05) is 0 Å². The zero-order valence-electron chi connectivity index (χ0n) is 23.0. The molecule has 7 rings (SSSR count). The quantitative estimate of drug-likeness (QED) is 0.119. The second-order valence-electron chi connectivity index (χ2n) is 10.8. The number of aryl methyl sites for hydroxylation is 1. The Bertz CT molecular complexity index is 2040. The van der Waals surface area contributed by atoms with Gasteiger partial charge in [-0.2, -0.15) is 4.98 Å². The van der Waals surface area contributed by atoms with E-state index in [1.54, 1.807) is 0 Å². The number of aromatic nitrogens is 4. The molecule has 2 aromatic heterocycles. The summed E-state index contributed by atoms with van der Waals surface area (Å²) in [5, 5.41) is 17.8. The molecule has 0 saturated carbocycles. The zero-order valence-corrected chi connectivity index (χ0v) is 23.9. The van der Waals surface area contributed by atoms with Crippen molar-refractivity contribution < 1.29 is 28.3 Å². The van der Waals surface area contributed by atoms with Crippen LogP contribution < -0.4 is 16.3 Å². The summed E-state index contributed by atoms with van der Waals surface area (Å²) in [5.74, 6) is 0.0625. The van der Waals surface area contributed by atoms with Gasteiger partial charge in [-0.05, 0) is 57.1 Å². The van der Waals surface area contributed by atoms with E-state index in [0.717, 1.165) is 12.8 Å². The number of nitrogens with two attached hydrogens (primary N) is 1. The molecule has 4 N–H and O–H groups in total.